The number of pyridine rings is 1. The number of nitrogens with two attached hydrogens (primary N) is 2. The highest BCUT2D eigenvalue weighted by molar-refractivity contribution is 5.95. The predicted molar refractivity (Wildman–Crippen MR) is 173 cm³/mol. The number of aromatic nitrogens is 3. The largest absolute Gasteiger partial charge is 0.493 e. The highest BCUT2D eigenvalue weighted by Gasteiger charge is 2.30. The van der Waals surface area contributed by atoms with Gasteiger partial charge in [-0.15, -0.1) is 0 Å². The third kappa shape index (κ3) is 7.19. The summed E-state index contributed by atoms with van der Waals surface area (Å²) >= 11 is 0. The van der Waals surface area contributed by atoms with Crippen molar-refractivity contribution in [1.29, 1.82) is 0 Å². The van der Waals surface area contributed by atoms with Crippen LogP contribution >= 0.6 is 0 Å². The summed E-state index contributed by atoms with van der Waals surface area (Å²) in [7, 11) is 7.07. The van der Waals surface area contributed by atoms with E-state index in [0.29, 0.717) is 47.4 Å². The molecule has 4 aromatic rings. The van der Waals surface area contributed by atoms with Crippen molar-refractivity contribution in [2.45, 2.75) is 12.5 Å². The zero-order chi connectivity index (χ0) is 31.9. The SMILES string of the molecule is COc1cc(Cc2cnc(N)nc2N)cc(C=CC(=O)N2N=Cc3ccccc3C2c2ccc(OCCN(C)C)nc2)c1OC. The minimum Gasteiger partial charge on any atom is -0.493 e. The Hall–Kier alpha value is -5.49. The molecule has 12 nitrogen and oxygen atoms in total. The fourth-order valence-corrected chi connectivity index (χ4v) is 4.98. The number of hydrogen-bond donors (Lipinski definition) is 2. The Kier molecular flexibility index (Phi) is 9.54. The number of amides is 1. The molecule has 2 aromatic heterocycles. The fraction of sp³-hybridized carbons (Fsp3) is 0.242. The van der Waals surface area contributed by atoms with Gasteiger partial charge in [0.2, 0.25) is 11.8 Å². The Labute approximate surface area is 262 Å². The van der Waals surface area contributed by atoms with Crippen LogP contribution in [-0.2, 0) is 11.2 Å². The molecule has 0 saturated heterocycles. The topological polar surface area (TPSA) is 154 Å². The van der Waals surface area contributed by atoms with Gasteiger partial charge in [0.25, 0.3) is 5.91 Å². The van der Waals surface area contributed by atoms with E-state index in [1.807, 2.05) is 67.5 Å². The standard InChI is InChI=1S/C33H36N8O4/c1-40(2)13-14-45-28-11-9-24(18-36-28)30-26-8-6-5-7-23(26)20-38-41(30)29(42)12-10-22-15-21(17-27(43-3)31(22)44-4)16-25-19-37-33(35)39-32(25)34/h5-12,15,17-20,30H,13-14,16H2,1-4H3,(H4,34,35,37,39). The van der Waals surface area contributed by atoms with Gasteiger partial charge in [0, 0.05) is 54.2 Å². The molecule has 2 aromatic carbocycles. The van der Waals surface area contributed by atoms with Crippen molar-refractivity contribution in [1.82, 2.24) is 24.9 Å². The van der Waals surface area contributed by atoms with Crippen LogP contribution in [0.25, 0.3) is 6.08 Å². The molecule has 0 saturated carbocycles. The minimum absolute atomic E-state index is 0.104. The average Bonchev–Trinajstić information content (AvgIpc) is 3.04. The number of carbonyl (C=O) groups excluding carboxylic acids is 1. The van der Waals surface area contributed by atoms with Crippen LogP contribution in [0.4, 0.5) is 11.8 Å². The van der Waals surface area contributed by atoms with Gasteiger partial charge in [0.05, 0.1) is 20.4 Å². The second-order valence-corrected chi connectivity index (χ2v) is 10.6. The van der Waals surface area contributed by atoms with Crippen LogP contribution in [0.3, 0.4) is 0 Å². The van der Waals surface area contributed by atoms with Gasteiger partial charge in [-0.2, -0.15) is 10.1 Å². The summed E-state index contributed by atoms with van der Waals surface area (Å²) in [6.07, 6.45) is 8.57. The van der Waals surface area contributed by atoms with Gasteiger partial charge >= 0.3 is 0 Å². The number of carbonyl (C=O) groups is 1. The smallest absolute Gasteiger partial charge is 0.267 e. The molecule has 0 radical (unpaired) electrons. The minimum atomic E-state index is -0.497. The number of anilines is 2. The van der Waals surface area contributed by atoms with Crippen molar-refractivity contribution in [3.8, 4) is 17.4 Å². The highest BCUT2D eigenvalue weighted by atomic mass is 16.5. The van der Waals surface area contributed by atoms with Crippen LogP contribution in [0.1, 0.15) is 39.4 Å². The maximum absolute atomic E-state index is 13.8. The molecule has 232 valence electrons. The van der Waals surface area contributed by atoms with E-state index in [0.717, 1.165) is 28.8 Å². The summed E-state index contributed by atoms with van der Waals surface area (Å²) < 4.78 is 17.0. The van der Waals surface area contributed by atoms with Crippen molar-refractivity contribution in [3.05, 3.63) is 100 Å². The van der Waals surface area contributed by atoms with E-state index >= 15 is 0 Å². The lowest BCUT2D eigenvalue weighted by Gasteiger charge is -2.31. The zero-order valence-electron chi connectivity index (χ0n) is 25.7. The Morgan fingerprint density at radius 2 is 1.87 bits per heavy atom. The van der Waals surface area contributed by atoms with Crippen LogP contribution in [0.5, 0.6) is 17.4 Å². The van der Waals surface area contributed by atoms with Gasteiger partial charge in [-0.3, -0.25) is 4.79 Å². The molecular weight excluding hydrogens is 572 g/mol. The Bertz CT molecular complexity index is 1720. The molecule has 1 atom stereocenters. The second-order valence-electron chi connectivity index (χ2n) is 10.6. The fourth-order valence-electron chi connectivity index (χ4n) is 4.98. The van der Waals surface area contributed by atoms with Gasteiger partial charge < -0.3 is 30.6 Å². The molecule has 5 rings (SSSR count). The highest BCUT2D eigenvalue weighted by Crippen LogP contribution is 2.36. The zero-order valence-corrected chi connectivity index (χ0v) is 25.7. The number of benzene rings is 2. The first-order chi connectivity index (χ1) is 21.8. The molecule has 12 heteroatoms. The maximum atomic E-state index is 13.8. The van der Waals surface area contributed by atoms with Gasteiger partial charge in [0.15, 0.2) is 11.5 Å². The number of rotatable bonds is 11. The normalized spacial score (nSPS) is 14.1. The number of likely N-dealkylation sites (N-methyl/N-ethyl adjacent to an activating group) is 1. The molecule has 1 unspecified atom stereocenters. The van der Waals surface area contributed by atoms with E-state index in [4.69, 9.17) is 25.7 Å². The average molecular weight is 609 g/mol. The molecule has 1 amide bonds. The number of nitrogens with zero attached hydrogens (tertiary/aromatic N) is 6. The second kappa shape index (κ2) is 13.9. The number of fused-ring (bicyclic) bond motifs is 1. The molecule has 0 bridgehead atoms. The first kappa shape index (κ1) is 31.0. The summed E-state index contributed by atoms with van der Waals surface area (Å²) in [4.78, 5) is 28.5. The van der Waals surface area contributed by atoms with Crippen molar-refractivity contribution in [2.24, 2.45) is 5.10 Å². The van der Waals surface area contributed by atoms with Crippen molar-refractivity contribution < 1.29 is 19.0 Å². The van der Waals surface area contributed by atoms with Gasteiger partial charge in [-0.05, 0) is 55.1 Å². The van der Waals surface area contributed by atoms with Gasteiger partial charge in [-0.25, -0.2) is 15.0 Å². The number of hydrogen-bond acceptors (Lipinski definition) is 11. The van der Waals surface area contributed by atoms with Crippen molar-refractivity contribution >= 4 is 30.0 Å². The van der Waals surface area contributed by atoms with E-state index in [1.54, 1.807) is 38.9 Å². The van der Waals surface area contributed by atoms with Crippen LogP contribution < -0.4 is 25.7 Å². The van der Waals surface area contributed by atoms with Crippen LogP contribution in [0.15, 0.2) is 72.1 Å². The molecule has 3 heterocycles. The van der Waals surface area contributed by atoms with E-state index in [2.05, 4.69) is 20.1 Å². The van der Waals surface area contributed by atoms with Crippen LogP contribution in [0, 0.1) is 0 Å². The molecular formula is C33H36N8O4. The summed E-state index contributed by atoms with van der Waals surface area (Å²) in [6.45, 7) is 1.29. The molecule has 4 N–H and O–H groups in total. The molecule has 1 aliphatic heterocycles. The predicted octanol–water partition coefficient (Wildman–Crippen LogP) is 3.56. The maximum Gasteiger partial charge on any atom is 0.267 e. The van der Waals surface area contributed by atoms with Crippen molar-refractivity contribution in [2.75, 3.05) is 52.9 Å². The molecule has 0 aliphatic carbocycles. The summed E-state index contributed by atoms with van der Waals surface area (Å²) in [6, 6.07) is 14.8. The molecule has 1 aliphatic rings. The van der Waals surface area contributed by atoms with Crippen LogP contribution in [0.2, 0.25) is 0 Å². The van der Waals surface area contributed by atoms with Gasteiger partial charge in [0.1, 0.15) is 18.5 Å². The summed E-state index contributed by atoms with van der Waals surface area (Å²) in [5.41, 5.74) is 16.6. The Morgan fingerprint density at radius 3 is 2.58 bits per heavy atom. The van der Waals surface area contributed by atoms with E-state index in [9.17, 15) is 4.79 Å². The van der Waals surface area contributed by atoms with Crippen LogP contribution in [-0.4, -0.2) is 78.4 Å². The first-order valence-electron chi connectivity index (χ1n) is 14.3. The molecule has 0 spiro atoms. The number of methoxy groups -OCH3 is 2. The lowest BCUT2D eigenvalue weighted by molar-refractivity contribution is -0.127. The lowest BCUT2D eigenvalue weighted by atomic mass is 9.94. The number of nitrogen functional groups attached to an aromatic ring is 2. The van der Waals surface area contributed by atoms with Gasteiger partial charge in [-0.1, -0.05) is 24.3 Å². The molecule has 45 heavy (non-hydrogen) atoms. The monoisotopic (exact) mass is 608 g/mol. The Morgan fingerprint density at radius 1 is 1.04 bits per heavy atom. The van der Waals surface area contributed by atoms with E-state index in [-0.39, 0.29) is 11.9 Å². The quantitative estimate of drug-likeness (QED) is 0.242. The van der Waals surface area contributed by atoms with E-state index in [1.165, 1.54) is 11.1 Å². The van der Waals surface area contributed by atoms with E-state index < -0.39 is 6.04 Å². The Balaban J connectivity index is 1.44. The third-order valence-electron chi connectivity index (χ3n) is 7.23. The number of ether oxygens (including phenoxy) is 3. The lowest BCUT2D eigenvalue weighted by Crippen LogP contribution is -2.33. The first-order valence-corrected chi connectivity index (χ1v) is 14.3. The number of hydrazone groups is 1. The third-order valence-corrected chi connectivity index (χ3v) is 7.23. The molecule has 0 fully saturated rings. The van der Waals surface area contributed by atoms with Crippen molar-refractivity contribution in [3.63, 3.8) is 0 Å². The summed E-state index contributed by atoms with van der Waals surface area (Å²) in [5, 5.41) is 5.99. The summed E-state index contributed by atoms with van der Waals surface area (Å²) in [5.74, 6) is 1.55.